The van der Waals surface area contributed by atoms with Gasteiger partial charge in [-0.3, -0.25) is 9.59 Å². The number of carbonyl (C=O) groups excluding carboxylic acids is 2. The molecule has 30 heavy (non-hydrogen) atoms. The standard InChI is InChI=1S/C22H21FN4O3/c1-13(2)18-20(28)24-17(14-6-4-3-5-7-14)12-27(18)22(29)21-25-19(26-30-21)15-8-10-16(23)11-9-15/h3-11,13,17-18H,12H2,1-2H3,(H,24,28). The molecule has 8 heteroatoms. The van der Waals surface area contributed by atoms with Crippen molar-refractivity contribution in [3.63, 3.8) is 0 Å². The van der Waals surface area contributed by atoms with Crippen LogP contribution < -0.4 is 5.32 Å². The zero-order chi connectivity index (χ0) is 21.3. The molecule has 0 radical (unpaired) electrons. The first kappa shape index (κ1) is 19.8. The molecule has 3 aromatic rings. The molecule has 0 bridgehead atoms. The van der Waals surface area contributed by atoms with Gasteiger partial charge in [-0.2, -0.15) is 4.98 Å². The second kappa shape index (κ2) is 8.06. The minimum atomic E-state index is -0.654. The van der Waals surface area contributed by atoms with Crippen LogP contribution in [0.1, 0.15) is 36.1 Å². The van der Waals surface area contributed by atoms with Crippen LogP contribution in [0.4, 0.5) is 4.39 Å². The molecule has 7 nitrogen and oxygen atoms in total. The predicted octanol–water partition coefficient (Wildman–Crippen LogP) is 3.21. The van der Waals surface area contributed by atoms with Crippen molar-refractivity contribution < 1.29 is 18.5 Å². The largest absolute Gasteiger partial charge is 0.346 e. The van der Waals surface area contributed by atoms with Gasteiger partial charge in [-0.1, -0.05) is 49.3 Å². The van der Waals surface area contributed by atoms with Crippen LogP contribution in [-0.4, -0.2) is 39.4 Å². The van der Waals surface area contributed by atoms with Crippen LogP contribution in [-0.2, 0) is 4.79 Å². The summed E-state index contributed by atoms with van der Waals surface area (Å²) < 4.78 is 18.3. The summed E-state index contributed by atoms with van der Waals surface area (Å²) in [6, 6.07) is 14.0. The number of aromatic nitrogens is 2. The highest BCUT2D eigenvalue weighted by atomic mass is 19.1. The summed E-state index contributed by atoms with van der Waals surface area (Å²) in [5, 5.41) is 6.84. The van der Waals surface area contributed by atoms with Crippen LogP contribution in [0, 0.1) is 11.7 Å². The van der Waals surface area contributed by atoms with Gasteiger partial charge in [-0.05, 0) is 35.7 Å². The molecule has 1 aromatic heterocycles. The maximum Gasteiger partial charge on any atom is 0.316 e. The van der Waals surface area contributed by atoms with E-state index < -0.39 is 11.9 Å². The van der Waals surface area contributed by atoms with Crippen molar-refractivity contribution in [2.24, 2.45) is 5.92 Å². The second-order valence-electron chi connectivity index (χ2n) is 7.55. The molecule has 154 valence electrons. The van der Waals surface area contributed by atoms with Crippen LogP contribution in [0.3, 0.4) is 0 Å². The van der Waals surface area contributed by atoms with Crippen LogP contribution in [0.2, 0.25) is 0 Å². The van der Waals surface area contributed by atoms with Crippen molar-refractivity contribution >= 4 is 11.8 Å². The maximum absolute atomic E-state index is 13.2. The first-order valence-electron chi connectivity index (χ1n) is 9.70. The maximum atomic E-state index is 13.2. The highest BCUT2D eigenvalue weighted by Crippen LogP contribution is 2.26. The Hall–Kier alpha value is -3.55. The Morgan fingerprint density at radius 1 is 1.17 bits per heavy atom. The molecule has 0 spiro atoms. The normalized spacial score (nSPS) is 19.1. The van der Waals surface area contributed by atoms with Crippen molar-refractivity contribution in [3.05, 3.63) is 71.9 Å². The Morgan fingerprint density at radius 3 is 2.53 bits per heavy atom. The summed E-state index contributed by atoms with van der Waals surface area (Å²) in [5.74, 6) is -1.25. The first-order chi connectivity index (χ1) is 14.4. The number of benzene rings is 2. The van der Waals surface area contributed by atoms with Gasteiger partial charge < -0.3 is 14.7 Å². The zero-order valence-corrected chi connectivity index (χ0v) is 16.6. The van der Waals surface area contributed by atoms with Crippen molar-refractivity contribution in [3.8, 4) is 11.4 Å². The molecule has 1 aliphatic heterocycles. The zero-order valence-electron chi connectivity index (χ0n) is 16.6. The minimum absolute atomic E-state index is 0.106. The van der Waals surface area contributed by atoms with E-state index in [4.69, 9.17) is 4.52 Å². The average molecular weight is 408 g/mol. The van der Waals surface area contributed by atoms with Crippen LogP contribution >= 0.6 is 0 Å². The highest BCUT2D eigenvalue weighted by molar-refractivity contribution is 5.95. The molecule has 1 aliphatic rings. The Kier molecular flexibility index (Phi) is 5.31. The molecule has 1 N–H and O–H groups in total. The van der Waals surface area contributed by atoms with E-state index in [0.717, 1.165) is 5.56 Å². The minimum Gasteiger partial charge on any atom is -0.346 e. The fourth-order valence-electron chi connectivity index (χ4n) is 3.65. The highest BCUT2D eigenvalue weighted by Gasteiger charge is 2.41. The molecule has 2 amide bonds. The van der Waals surface area contributed by atoms with Gasteiger partial charge in [-0.25, -0.2) is 4.39 Å². The molecule has 1 fully saturated rings. The Morgan fingerprint density at radius 2 is 1.87 bits per heavy atom. The lowest BCUT2D eigenvalue weighted by Crippen LogP contribution is -2.60. The van der Waals surface area contributed by atoms with Crippen molar-refractivity contribution in [2.45, 2.75) is 25.9 Å². The fourth-order valence-corrected chi connectivity index (χ4v) is 3.65. The lowest BCUT2D eigenvalue weighted by Gasteiger charge is -2.40. The molecule has 2 heterocycles. The summed E-state index contributed by atoms with van der Waals surface area (Å²) in [6.07, 6.45) is 0. The van der Waals surface area contributed by atoms with Crippen LogP contribution in [0.15, 0.2) is 59.1 Å². The number of amides is 2. The van der Waals surface area contributed by atoms with Gasteiger partial charge in [0.05, 0.1) is 6.04 Å². The van der Waals surface area contributed by atoms with E-state index in [9.17, 15) is 14.0 Å². The van der Waals surface area contributed by atoms with Gasteiger partial charge in [0.2, 0.25) is 11.7 Å². The number of nitrogens with zero attached hydrogens (tertiary/aromatic N) is 3. The quantitative estimate of drug-likeness (QED) is 0.716. The van der Waals surface area contributed by atoms with E-state index in [1.54, 1.807) is 0 Å². The van der Waals surface area contributed by atoms with Gasteiger partial charge in [-0.15, -0.1) is 0 Å². The molecule has 0 aliphatic carbocycles. The van der Waals surface area contributed by atoms with E-state index in [1.165, 1.54) is 29.2 Å². The predicted molar refractivity (Wildman–Crippen MR) is 107 cm³/mol. The van der Waals surface area contributed by atoms with E-state index in [-0.39, 0.29) is 41.9 Å². The third kappa shape index (κ3) is 3.80. The molecular weight excluding hydrogens is 387 g/mol. The van der Waals surface area contributed by atoms with Crippen molar-refractivity contribution in [1.29, 1.82) is 0 Å². The number of piperazine rings is 1. The van der Waals surface area contributed by atoms with Gasteiger partial charge >= 0.3 is 11.8 Å². The molecule has 2 atom stereocenters. The third-order valence-electron chi connectivity index (χ3n) is 5.11. The Balaban J connectivity index is 1.63. The number of hydrogen-bond acceptors (Lipinski definition) is 5. The van der Waals surface area contributed by atoms with Gasteiger partial charge in [0.1, 0.15) is 11.9 Å². The summed E-state index contributed by atoms with van der Waals surface area (Å²) >= 11 is 0. The lowest BCUT2D eigenvalue weighted by atomic mass is 9.95. The van der Waals surface area contributed by atoms with Crippen molar-refractivity contribution in [2.75, 3.05) is 6.54 Å². The summed E-state index contributed by atoms with van der Waals surface area (Å²) in [5.41, 5.74) is 1.43. The van der Waals surface area contributed by atoms with Crippen molar-refractivity contribution in [1.82, 2.24) is 20.4 Å². The summed E-state index contributed by atoms with van der Waals surface area (Å²) in [4.78, 5) is 31.7. The first-order valence-corrected chi connectivity index (χ1v) is 9.70. The number of carbonyl (C=O) groups is 2. The van der Waals surface area contributed by atoms with Crippen LogP contribution in [0.25, 0.3) is 11.4 Å². The Bertz CT molecular complexity index is 1050. The molecule has 0 saturated carbocycles. The SMILES string of the molecule is CC(C)C1C(=O)NC(c2ccccc2)CN1C(=O)c1nc(-c2ccc(F)cc2)no1. The monoisotopic (exact) mass is 408 g/mol. The topological polar surface area (TPSA) is 88.3 Å². The van der Waals surface area contributed by atoms with E-state index in [2.05, 4.69) is 15.5 Å². The van der Waals surface area contributed by atoms with Crippen LogP contribution in [0.5, 0.6) is 0 Å². The smallest absolute Gasteiger partial charge is 0.316 e. The number of nitrogens with one attached hydrogen (secondary N) is 1. The van der Waals surface area contributed by atoms with E-state index in [0.29, 0.717) is 5.56 Å². The second-order valence-corrected chi connectivity index (χ2v) is 7.55. The van der Waals surface area contributed by atoms with E-state index >= 15 is 0 Å². The summed E-state index contributed by atoms with van der Waals surface area (Å²) in [7, 11) is 0. The van der Waals surface area contributed by atoms with E-state index in [1.807, 2.05) is 44.2 Å². The lowest BCUT2D eigenvalue weighted by molar-refractivity contribution is -0.131. The van der Waals surface area contributed by atoms with Gasteiger partial charge in [0, 0.05) is 12.1 Å². The third-order valence-corrected chi connectivity index (χ3v) is 5.11. The number of halogens is 1. The Labute approximate surface area is 172 Å². The molecule has 2 unspecified atom stereocenters. The fraction of sp³-hybridized carbons (Fsp3) is 0.273. The molecule has 2 aromatic carbocycles. The summed E-state index contributed by atoms with van der Waals surface area (Å²) in [6.45, 7) is 4.04. The average Bonchev–Trinajstić information content (AvgIpc) is 3.23. The van der Waals surface area contributed by atoms with Gasteiger partial charge in [0.25, 0.3) is 0 Å². The number of rotatable bonds is 4. The molecule has 1 saturated heterocycles. The number of hydrogen-bond donors (Lipinski definition) is 1. The molecular formula is C22H21FN4O3. The van der Waals surface area contributed by atoms with Gasteiger partial charge in [0.15, 0.2) is 0 Å². The molecule has 4 rings (SSSR count).